The molecule has 0 unspecified atom stereocenters. The first-order chi connectivity index (χ1) is 14.2. The monoisotopic (exact) mass is 403 g/mol. The molecule has 144 valence electrons. The van der Waals surface area contributed by atoms with Crippen molar-refractivity contribution in [3.8, 4) is 18.2 Å². The SMILES string of the molecule is C#Cc1cnc(C2=CCN(c3nc4c(c(-n5ccnc5)n3)[S@@](=O)CC4)CC2)nc1. The zero-order valence-electron chi connectivity index (χ0n) is 15.5. The maximum absolute atomic E-state index is 12.5. The Balaban J connectivity index is 1.45. The number of aromatic nitrogens is 6. The fourth-order valence-corrected chi connectivity index (χ4v) is 4.84. The third kappa shape index (κ3) is 3.21. The fraction of sp³-hybridized carbons (Fsp3) is 0.250. The summed E-state index contributed by atoms with van der Waals surface area (Å²) in [6.07, 6.45) is 17.4. The molecular weight excluding hydrogens is 386 g/mol. The standard InChI is InChI=1S/C20H17N7OS/c1-2-14-11-22-18(23-12-14)15-3-7-26(8-4-15)20-24-16-5-10-29(28)17(16)19(25-20)27-9-6-21-13-27/h1,3,6,9,11-13H,4-5,7-8,10H2/t29-/m0/s1. The summed E-state index contributed by atoms with van der Waals surface area (Å²) < 4.78 is 14.3. The van der Waals surface area contributed by atoms with E-state index in [2.05, 4.69) is 31.8 Å². The maximum atomic E-state index is 12.5. The molecule has 0 amide bonds. The molecule has 2 aliphatic heterocycles. The predicted molar refractivity (Wildman–Crippen MR) is 109 cm³/mol. The van der Waals surface area contributed by atoms with Gasteiger partial charge in [-0.1, -0.05) is 12.0 Å². The van der Waals surface area contributed by atoms with E-state index in [1.807, 2.05) is 6.20 Å². The van der Waals surface area contributed by atoms with E-state index in [1.165, 1.54) is 0 Å². The lowest BCUT2D eigenvalue weighted by Gasteiger charge is -2.26. The van der Waals surface area contributed by atoms with Crippen molar-refractivity contribution >= 4 is 22.3 Å². The number of rotatable bonds is 3. The Kier molecular flexibility index (Phi) is 4.41. The smallest absolute Gasteiger partial charge is 0.227 e. The molecule has 1 atom stereocenters. The van der Waals surface area contributed by atoms with Gasteiger partial charge in [0, 0.05) is 50.1 Å². The Morgan fingerprint density at radius 1 is 1.17 bits per heavy atom. The van der Waals surface area contributed by atoms with Gasteiger partial charge in [0.1, 0.15) is 11.2 Å². The van der Waals surface area contributed by atoms with Gasteiger partial charge in [-0.2, -0.15) is 4.98 Å². The Hall–Kier alpha value is -3.38. The second-order valence-corrected chi connectivity index (χ2v) is 8.27. The van der Waals surface area contributed by atoms with Crippen molar-refractivity contribution in [3.05, 3.63) is 54.3 Å². The number of fused-ring (bicyclic) bond motifs is 1. The summed E-state index contributed by atoms with van der Waals surface area (Å²) in [5.74, 6) is 5.12. The van der Waals surface area contributed by atoms with Crippen molar-refractivity contribution < 1.29 is 4.21 Å². The lowest BCUT2D eigenvalue weighted by atomic mass is 10.1. The highest BCUT2D eigenvalue weighted by molar-refractivity contribution is 7.85. The summed E-state index contributed by atoms with van der Waals surface area (Å²) >= 11 is 0. The van der Waals surface area contributed by atoms with Gasteiger partial charge in [0.15, 0.2) is 11.6 Å². The largest absolute Gasteiger partial charge is 0.337 e. The lowest BCUT2D eigenvalue weighted by Crippen LogP contribution is -2.31. The van der Waals surface area contributed by atoms with E-state index in [9.17, 15) is 4.21 Å². The molecule has 29 heavy (non-hydrogen) atoms. The minimum atomic E-state index is -1.08. The number of hydrogen-bond donors (Lipinski definition) is 0. The third-order valence-corrected chi connectivity index (χ3v) is 6.45. The highest BCUT2D eigenvalue weighted by Gasteiger charge is 2.28. The Morgan fingerprint density at radius 2 is 2.03 bits per heavy atom. The summed E-state index contributed by atoms with van der Waals surface area (Å²) in [7, 11) is -1.08. The van der Waals surface area contributed by atoms with Crippen LogP contribution in [0.1, 0.15) is 23.5 Å². The highest BCUT2D eigenvalue weighted by Crippen LogP contribution is 2.30. The van der Waals surface area contributed by atoms with Crippen molar-refractivity contribution in [1.29, 1.82) is 0 Å². The van der Waals surface area contributed by atoms with Crippen molar-refractivity contribution in [2.45, 2.75) is 17.7 Å². The first-order valence-electron chi connectivity index (χ1n) is 9.23. The van der Waals surface area contributed by atoms with Gasteiger partial charge in [-0.15, -0.1) is 6.42 Å². The van der Waals surface area contributed by atoms with Gasteiger partial charge >= 0.3 is 0 Å². The number of anilines is 1. The minimum Gasteiger partial charge on any atom is -0.337 e. The Morgan fingerprint density at radius 3 is 2.72 bits per heavy atom. The zero-order valence-corrected chi connectivity index (χ0v) is 16.3. The molecule has 3 aromatic rings. The van der Waals surface area contributed by atoms with Crippen LogP contribution in [0.15, 0.2) is 42.1 Å². The van der Waals surface area contributed by atoms with Crippen LogP contribution >= 0.6 is 0 Å². The van der Waals surface area contributed by atoms with E-state index < -0.39 is 10.8 Å². The molecule has 5 heterocycles. The fourth-order valence-electron chi connectivity index (χ4n) is 3.49. The van der Waals surface area contributed by atoms with Crippen LogP contribution in [-0.2, 0) is 17.2 Å². The van der Waals surface area contributed by atoms with Crippen LogP contribution in [0.25, 0.3) is 11.4 Å². The van der Waals surface area contributed by atoms with Crippen LogP contribution in [0.3, 0.4) is 0 Å². The van der Waals surface area contributed by atoms with Crippen LogP contribution in [0.4, 0.5) is 5.95 Å². The van der Waals surface area contributed by atoms with Crippen LogP contribution in [-0.4, -0.2) is 52.5 Å². The number of aryl methyl sites for hydroxylation is 1. The molecule has 3 aromatic heterocycles. The molecule has 0 saturated carbocycles. The summed E-state index contributed by atoms with van der Waals surface area (Å²) in [6.45, 7) is 1.40. The third-order valence-electron chi connectivity index (χ3n) is 5.00. The Bertz CT molecular complexity index is 1160. The molecule has 2 aliphatic rings. The number of nitrogens with zero attached hydrogens (tertiary/aromatic N) is 7. The molecule has 0 N–H and O–H groups in total. The molecule has 0 saturated heterocycles. The van der Waals surface area contributed by atoms with E-state index in [-0.39, 0.29) is 0 Å². The average Bonchev–Trinajstić information content (AvgIpc) is 3.44. The van der Waals surface area contributed by atoms with Gasteiger partial charge in [-0.3, -0.25) is 8.78 Å². The van der Waals surface area contributed by atoms with E-state index in [0.717, 1.165) is 29.1 Å². The van der Waals surface area contributed by atoms with Gasteiger partial charge in [0.05, 0.1) is 22.1 Å². The molecule has 8 nitrogen and oxygen atoms in total. The highest BCUT2D eigenvalue weighted by atomic mass is 32.2. The molecule has 0 aromatic carbocycles. The number of imidazole rings is 1. The summed E-state index contributed by atoms with van der Waals surface area (Å²) in [6, 6.07) is 0. The Labute approximate surface area is 170 Å². The minimum absolute atomic E-state index is 0.588. The molecule has 0 bridgehead atoms. The average molecular weight is 403 g/mol. The van der Waals surface area contributed by atoms with Gasteiger partial charge < -0.3 is 4.90 Å². The van der Waals surface area contributed by atoms with Crippen molar-refractivity contribution in [2.75, 3.05) is 23.7 Å². The van der Waals surface area contributed by atoms with Crippen molar-refractivity contribution in [3.63, 3.8) is 0 Å². The van der Waals surface area contributed by atoms with Gasteiger partial charge in [-0.05, 0) is 12.0 Å². The van der Waals surface area contributed by atoms with Crippen LogP contribution in [0, 0.1) is 12.3 Å². The second-order valence-electron chi connectivity index (χ2n) is 6.76. The van der Waals surface area contributed by atoms with Gasteiger partial charge in [0.25, 0.3) is 0 Å². The molecule has 0 spiro atoms. The summed E-state index contributed by atoms with van der Waals surface area (Å²) in [5, 5.41) is 0. The quantitative estimate of drug-likeness (QED) is 0.611. The first kappa shape index (κ1) is 17.7. The second kappa shape index (κ2) is 7.22. The first-order valence-corrected chi connectivity index (χ1v) is 10.6. The van der Waals surface area contributed by atoms with Crippen molar-refractivity contribution in [2.24, 2.45) is 0 Å². The van der Waals surface area contributed by atoms with E-state index in [1.54, 1.807) is 29.5 Å². The van der Waals surface area contributed by atoms with Crippen LogP contribution in [0.5, 0.6) is 0 Å². The molecular formula is C20H17N7OS. The topological polar surface area (TPSA) is 89.7 Å². The summed E-state index contributed by atoms with van der Waals surface area (Å²) in [4.78, 5) is 25.1. The molecule has 0 aliphatic carbocycles. The predicted octanol–water partition coefficient (Wildman–Crippen LogP) is 1.39. The van der Waals surface area contributed by atoms with Crippen LogP contribution in [0.2, 0.25) is 0 Å². The lowest BCUT2D eigenvalue weighted by molar-refractivity contribution is 0.684. The van der Waals surface area contributed by atoms with Crippen molar-refractivity contribution in [1.82, 2.24) is 29.5 Å². The number of hydrogen-bond acceptors (Lipinski definition) is 7. The van der Waals surface area contributed by atoms with E-state index >= 15 is 0 Å². The number of terminal acetylenes is 1. The normalized spacial score (nSPS) is 18.2. The maximum Gasteiger partial charge on any atom is 0.227 e. The van der Waals surface area contributed by atoms with Gasteiger partial charge in [-0.25, -0.2) is 19.9 Å². The van der Waals surface area contributed by atoms with E-state index in [0.29, 0.717) is 41.9 Å². The molecule has 0 radical (unpaired) electrons. The molecule has 5 rings (SSSR count). The zero-order chi connectivity index (χ0) is 19.8. The van der Waals surface area contributed by atoms with E-state index in [4.69, 9.17) is 16.4 Å². The summed E-state index contributed by atoms with van der Waals surface area (Å²) in [5.41, 5.74) is 2.62. The molecule has 0 fully saturated rings. The van der Waals surface area contributed by atoms with Crippen LogP contribution < -0.4 is 4.90 Å². The van der Waals surface area contributed by atoms with Gasteiger partial charge in [0.2, 0.25) is 5.95 Å². The molecule has 9 heteroatoms.